The van der Waals surface area contributed by atoms with E-state index in [0.29, 0.717) is 6.54 Å². The molecule has 1 amide bonds. The van der Waals surface area contributed by atoms with E-state index in [9.17, 15) is 9.59 Å². The van der Waals surface area contributed by atoms with Crippen LogP contribution in [0.5, 0.6) is 0 Å². The summed E-state index contributed by atoms with van der Waals surface area (Å²) in [6.07, 6.45) is 3.44. The topological polar surface area (TPSA) is 67.4 Å². The van der Waals surface area contributed by atoms with E-state index in [0.717, 1.165) is 12.1 Å². The molecule has 1 aromatic carbocycles. The van der Waals surface area contributed by atoms with E-state index in [4.69, 9.17) is 0 Å². The molecule has 0 saturated carbocycles. The van der Waals surface area contributed by atoms with Crippen LogP contribution in [0.15, 0.2) is 24.3 Å². The minimum atomic E-state index is -0.688. The first-order valence-corrected chi connectivity index (χ1v) is 7.24. The molecular weight excluding hydrogens is 268 g/mol. The summed E-state index contributed by atoms with van der Waals surface area (Å²) < 4.78 is 4.67. The van der Waals surface area contributed by atoms with Crippen molar-refractivity contribution < 1.29 is 14.3 Å². The molecule has 5 heteroatoms. The van der Waals surface area contributed by atoms with Crippen molar-refractivity contribution in [1.82, 2.24) is 5.32 Å². The van der Waals surface area contributed by atoms with Gasteiger partial charge in [0.25, 0.3) is 0 Å². The third-order valence-electron chi connectivity index (χ3n) is 3.15. The molecule has 1 atom stereocenters. The predicted molar refractivity (Wildman–Crippen MR) is 83.2 cm³/mol. The number of hydrogen-bond acceptors (Lipinski definition) is 4. The van der Waals surface area contributed by atoms with Gasteiger partial charge in [-0.15, -0.1) is 0 Å². The van der Waals surface area contributed by atoms with E-state index in [2.05, 4.69) is 34.4 Å². The Hall–Kier alpha value is -2.04. The normalized spacial score (nSPS) is 11.6. The van der Waals surface area contributed by atoms with Gasteiger partial charge in [-0.1, -0.05) is 25.5 Å². The summed E-state index contributed by atoms with van der Waals surface area (Å²) in [5.41, 5.74) is 2.21. The Balaban J connectivity index is 2.54. The number of nitrogens with one attached hydrogen (secondary N) is 2. The molecule has 0 fully saturated rings. The van der Waals surface area contributed by atoms with E-state index in [1.165, 1.54) is 32.4 Å². The highest BCUT2D eigenvalue weighted by Crippen LogP contribution is 2.11. The first-order valence-electron chi connectivity index (χ1n) is 7.24. The Morgan fingerprint density at radius 1 is 1.24 bits per heavy atom. The molecule has 21 heavy (non-hydrogen) atoms. The summed E-state index contributed by atoms with van der Waals surface area (Å²) >= 11 is 0. The van der Waals surface area contributed by atoms with Gasteiger partial charge in [0, 0.05) is 19.2 Å². The van der Waals surface area contributed by atoms with Crippen molar-refractivity contribution in [3.05, 3.63) is 29.8 Å². The van der Waals surface area contributed by atoms with Gasteiger partial charge in [-0.05, 0) is 30.5 Å². The molecule has 0 aliphatic carbocycles. The molecule has 0 radical (unpaired) electrons. The monoisotopic (exact) mass is 292 g/mol. The highest BCUT2D eigenvalue weighted by atomic mass is 16.5. The molecule has 0 spiro atoms. The molecule has 1 rings (SSSR count). The fraction of sp³-hybridized carbons (Fsp3) is 0.500. The number of anilines is 1. The third-order valence-corrected chi connectivity index (χ3v) is 3.15. The number of unbranched alkanes of at least 4 members (excludes halogenated alkanes) is 1. The van der Waals surface area contributed by atoms with Gasteiger partial charge in [0.05, 0.1) is 7.11 Å². The highest BCUT2D eigenvalue weighted by molar-refractivity contribution is 5.83. The van der Waals surface area contributed by atoms with Crippen LogP contribution in [0.25, 0.3) is 0 Å². The second-order valence-corrected chi connectivity index (χ2v) is 4.96. The maximum Gasteiger partial charge on any atom is 0.330 e. The number of ether oxygens (including phenoxy) is 1. The van der Waals surface area contributed by atoms with Crippen molar-refractivity contribution in [1.29, 1.82) is 0 Å². The van der Waals surface area contributed by atoms with Gasteiger partial charge >= 0.3 is 5.97 Å². The second kappa shape index (κ2) is 9.00. The molecule has 0 aliphatic heterocycles. The Bertz CT molecular complexity index is 457. The number of rotatable bonds is 8. The summed E-state index contributed by atoms with van der Waals surface area (Å²) in [6, 6.07) is 7.42. The predicted octanol–water partition coefficient (Wildman–Crippen LogP) is 2.12. The summed E-state index contributed by atoms with van der Waals surface area (Å²) in [5.74, 6) is -0.723. The summed E-state index contributed by atoms with van der Waals surface area (Å²) in [4.78, 5) is 22.6. The van der Waals surface area contributed by atoms with Crippen LogP contribution < -0.4 is 10.6 Å². The zero-order valence-corrected chi connectivity index (χ0v) is 12.9. The number of esters is 1. The van der Waals surface area contributed by atoms with Crippen molar-refractivity contribution in [2.24, 2.45) is 0 Å². The molecule has 5 nitrogen and oxygen atoms in total. The average molecular weight is 292 g/mol. The lowest BCUT2D eigenvalue weighted by atomic mass is 10.1. The molecule has 0 aromatic heterocycles. The Kier molecular flexibility index (Phi) is 7.29. The molecule has 1 aromatic rings. The first-order chi connectivity index (χ1) is 10.1. The average Bonchev–Trinajstić information content (AvgIpc) is 2.49. The number of carbonyl (C=O) groups excluding carboxylic acids is 2. The van der Waals surface area contributed by atoms with Crippen molar-refractivity contribution in [3.63, 3.8) is 0 Å². The molecule has 0 saturated heterocycles. The van der Waals surface area contributed by atoms with Crippen molar-refractivity contribution in [3.8, 4) is 0 Å². The maximum atomic E-state index is 11.6. The van der Waals surface area contributed by atoms with Crippen LogP contribution in [0.2, 0.25) is 0 Å². The number of amides is 1. The van der Waals surface area contributed by atoms with Gasteiger partial charge in [-0.3, -0.25) is 4.79 Å². The van der Waals surface area contributed by atoms with Gasteiger partial charge in [0.15, 0.2) is 0 Å². The second-order valence-electron chi connectivity index (χ2n) is 4.96. The molecular formula is C16H24N2O3. The number of methoxy groups -OCH3 is 1. The van der Waals surface area contributed by atoms with Crippen molar-refractivity contribution in [2.75, 3.05) is 19.0 Å². The van der Waals surface area contributed by atoms with Crippen molar-refractivity contribution >= 4 is 17.6 Å². The molecule has 1 unspecified atom stereocenters. The Labute approximate surface area is 126 Å². The summed E-state index contributed by atoms with van der Waals surface area (Å²) in [7, 11) is 1.31. The van der Waals surface area contributed by atoms with Crippen LogP contribution in [0, 0.1) is 0 Å². The SMILES string of the molecule is CCCCc1ccc(NCC(NC(C)=O)C(=O)OC)cc1. The summed E-state index contributed by atoms with van der Waals surface area (Å²) in [6.45, 7) is 3.84. The number of hydrogen-bond donors (Lipinski definition) is 2. The summed E-state index contributed by atoms with van der Waals surface area (Å²) in [5, 5.41) is 5.70. The lowest BCUT2D eigenvalue weighted by Crippen LogP contribution is -2.45. The van der Waals surface area contributed by atoms with Crippen molar-refractivity contribution in [2.45, 2.75) is 39.2 Å². The van der Waals surface area contributed by atoms with E-state index in [1.807, 2.05) is 12.1 Å². The zero-order valence-electron chi connectivity index (χ0n) is 12.9. The first kappa shape index (κ1) is 17.0. The molecule has 0 aliphatic rings. The Morgan fingerprint density at radius 2 is 1.90 bits per heavy atom. The van der Waals surface area contributed by atoms with Crippen LogP contribution in [0.3, 0.4) is 0 Å². The fourth-order valence-corrected chi connectivity index (χ4v) is 1.97. The minimum absolute atomic E-state index is 0.262. The lowest BCUT2D eigenvalue weighted by Gasteiger charge is -2.17. The van der Waals surface area contributed by atoms with E-state index in [1.54, 1.807) is 0 Å². The molecule has 0 heterocycles. The van der Waals surface area contributed by atoms with Gasteiger partial charge < -0.3 is 15.4 Å². The highest BCUT2D eigenvalue weighted by Gasteiger charge is 2.19. The van der Waals surface area contributed by atoms with E-state index in [-0.39, 0.29) is 5.91 Å². The largest absolute Gasteiger partial charge is 0.467 e. The molecule has 2 N–H and O–H groups in total. The van der Waals surface area contributed by atoms with Crippen LogP contribution in [-0.4, -0.2) is 31.6 Å². The van der Waals surface area contributed by atoms with Gasteiger partial charge in [-0.25, -0.2) is 4.79 Å². The fourth-order valence-electron chi connectivity index (χ4n) is 1.97. The smallest absolute Gasteiger partial charge is 0.330 e. The lowest BCUT2D eigenvalue weighted by molar-refractivity contribution is -0.144. The Morgan fingerprint density at radius 3 is 2.43 bits per heavy atom. The zero-order chi connectivity index (χ0) is 15.7. The maximum absolute atomic E-state index is 11.6. The minimum Gasteiger partial charge on any atom is -0.467 e. The third kappa shape index (κ3) is 6.29. The van der Waals surface area contributed by atoms with E-state index >= 15 is 0 Å². The number of aryl methyl sites for hydroxylation is 1. The van der Waals surface area contributed by atoms with Crippen LogP contribution >= 0.6 is 0 Å². The molecule has 116 valence electrons. The standard InChI is InChI=1S/C16H24N2O3/c1-4-5-6-13-7-9-14(10-8-13)17-11-15(16(20)21-3)18-12(2)19/h7-10,15,17H,4-6,11H2,1-3H3,(H,18,19). The van der Waals surface area contributed by atoms with Gasteiger partial charge in [0.1, 0.15) is 6.04 Å². The van der Waals surface area contributed by atoms with Crippen LogP contribution in [0.1, 0.15) is 32.3 Å². The number of carbonyl (C=O) groups is 2. The van der Waals surface area contributed by atoms with E-state index < -0.39 is 12.0 Å². The van der Waals surface area contributed by atoms with Gasteiger partial charge in [0.2, 0.25) is 5.91 Å². The van der Waals surface area contributed by atoms with Crippen LogP contribution in [0.4, 0.5) is 5.69 Å². The van der Waals surface area contributed by atoms with Crippen LogP contribution in [-0.2, 0) is 20.7 Å². The molecule has 0 bridgehead atoms. The number of benzene rings is 1. The quantitative estimate of drug-likeness (QED) is 0.720. The van der Waals surface area contributed by atoms with Gasteiger partial charge in [-0.2, -0.15) is 0 Å².